The van der Waals surface area contributed by atoms with Gasteiger partial charge in [0, 0.05) is 19.2 Å². The maximum Gasteiger partial charge on any atom is 0.372 e. The van der Waals surface area contributed by atoms with Gasteiger partial charge in [0.1, 0.15) is 0 Å². The van der Waals surface area contributed by atoms with E-state index >= 15 is 0 Å². The van der Waals surface area contributed by atoms with E-state index in [1.54, 1.807) is 36.5 Å². The molecule has 0 saturated carbocycles. The minimum atomic E-state index is -3.63. The molecule has 2 heterocycles. The Balaban J connectivity index is 1.67. The number of fused-ring (bicyclic) bond motifs is 1. The van der Waals surface area contributed by atoms with Crippen molar-refractivity contribution < 1.29 is 13.3 Å². The summed E-state index contributed by atoms with van der Waals surface area (Å²) >= 11 is 0. The molecule has 0 fully saturated rings. The van der Waals surface area contributed by atoms with E-state index < -0.39 is 14.9 Å². The Bertz CT molecular complexity index is 1040. The molecule has 0 amide bonds. The summed E-state index contributed by atoms with van der Waals surface area (Å²) in [6, 6.07) is 11.5. The molecule has 2 N–H and O–H groups in total. The Morgan fingerprint density at radius 1 is 1.15 bits per heavy atom. The van der Waals surface area contributed by atoms with E-state index in [-0.39, 0.29) is 29.6 Å². The lowest BCUT2D eigenvalue weighted by Gasteiger charge is -2.07. The van der Waals surface area contributed by atoms with Crippen molar-refractivity contribution in [2.45, 2.75) is 11.8 Å². The Labute approximate surface area is 149 Å². The van der Waals surface area contributed by atoms with Crippen molar-refractivity contribution in [3.05, 3.63) is 64.3 Å². The molecule has 0 spiro atoms. The molecule has 0 atom stereocenters. The molecule has 0 saturated heterocycles. The van der Waals surface area contributed by atoms with Crippen molar-refractivity contribution in [2.75, 3.05) is 18.4 Å². The maximum absolute atomic E-state index is 12.2. The second-order valence-corrected chi connectivity index (χ2v) is 7.37. The van der Waals surface area contributed by atoms with Gasteiger partial charge in [-0.1, -0.05) is 23.8 Å². The SMILES string of the molecule is Cc1ccc(S(=O)(=O)NCCNc2nc3ccccn3c2[N+](=O)[O-])cc1. The van der Waals surface area contributed by atoms with Gasteiger partial charge in [-0.3, -0.25) is 0 Å². The smallest absolute Gasteiger partial charge is 0.362 e. The zero-order chi connectivity index (χ0) is 18.7. The van der Waals surface area contributed by atoms with Crippen LogP contribution in [0.1, 0.15) is 5.56 Å². The third kappa shape index (κ3) is 3.65. The minimum absolute atomic E-state index is 0.0568. The summed E-state index contributed by atoms with van der Waals surface area (Å²) in [6.07, 6.45) is 1.55. The van der Waals surface area contributed by atoms with Crippen molar-refractivity contribution in [3.8, 4) is 0 Å². The van der Waals surface area contributed by atoms with Crippen molar-refractivity contribution in [1.29, 1.82) is 0 Å². The number of hydrogen-bond acceptors (Lipinski definition) is 6. The second kappa shape index (κ2) is 7.10. The first-order valence-electron chi connectivity index (χ1n) is 7.80. The molecule has 3 rings (SSSR count). The molecule has 3 aromatic rings. The van der Waals surface area contributed by atoms with Crippen LogP contribution in [0.15, 0.2) is 53.6 Å². The molecule has 2 aromatic heterocycles. The number of benzene rings is 1. The van der Waals surface area contributed by atoms with Crippen LogP contribution in [0.5, 0.6) is 0 Å². The van der Waals surface area contributed by atoms with Crippen molar-refractivity contribution in [3.63, 3.8) is 0 Å². The molecule has 136 valence electrons. The average molecular weight is 375 g/mol. The Hall–Kier alpha value is -2.98. The third-order valence-corrected chi connectivity index (χ3v) is 5.20. The minimum Gasteiger partial charge on any atom is -0.362 e. The van der Waals surface area contributed by atoms with Crippen LogP contribution in [-0.2, 0) is 10.0 Å². The highest BCUT2D eigenvalue weighted by molar-refractivity contribution is 7.89. The van der Waals surface area contributed by atoms with E-state index in [1.807, 2.05) is 6.92 Å². The van der Waals surface area contributed by atoms with Gasteiger partial charge in [-0.05, 0) is 30.0 Å². The van der Waals surface area contributed by atoms with Crippen LogP contribution < -0.4 is 10.0 Å². The van der Waals surface area contributed by atoms with Gasteiger partial charge >= 0.3 is 5.82 Å². The van der Waals surface area contributed by atoms with Crippen molar-refractivity contribution >= 4 is 27.3 Å². The van der Waals surface area contributed by atoms with Gasteiger partial charge in [0.05, 0.1) is 11.1 Å². The highest BCUT2D eigenvalue weighted by Gasteiger charge is 2.22. The fourth-order valence-electron chi connectivity index (χ4n) is 2.44. The van der Waals surface area contributed by atoms with Crippen LogP contribution in [0.3, 0.4) is 0 Å². The third-order valence-electron chi connectivity index (χ3n) is 3.72. The van der Waals surface area contributed by atoms with Gasteiger partial charge in [-0.2, -0.15) is 9.38 Å². The monoisotopic (exact) mass is 375 g/mol. The van der Waals surface area contributed by atoms with Gasteiger partial charge in [-0.25, -0.2) is 13.1 Å². The summed E-state index contributed by atoms with van der Waals surface area (Å²) in [7, 11) is -3.63. The highest BCUT2D eigenvalue weighted by atomic mass is 32.2. The lowest BCUT2D eigenvalue weighted by molar-refractivity contribution is -0.389. The summed E-state index contributed by atoms with van der Waals surface area (Å²) in [6.45, 7) is 2.08. The van der Waals surface area contributed by atoms with Gasteiger partial charge < -0.3 is 15.4 Å². The van der Waals surface area contributed by atoms with Crippen molar-refractivity contribution in [2.24, 2.45) is 0 Å². The predicted octanol–water partition coefficient (Wildman–Crippen LogP) is 1.94. The average Bonchev–Trinajstić information content (AvgIpc) is 2.97. The fourth-order valence-corrected chi connectivity index (χ4v) is 3.47. The molecule has 0 unspecified atom stereocenters. The van der Waals surface area contributed by atoms with E-state index in [2.05, 4.69) is 15.0 Å². The number of aryl methyl sites for hydroxylation is 1. The van der Waals surface area contributed by atoms with E-state index in [0.717, 1.165) is 5.56 Å². The summed E-state index contributed by atoms with van der Waals surface area (Å²) in [4.78, 5) is 15.1. The lowest BCUT2D eigenvalue weighted by Crippen LogP contribution is -2.29. The number of nitrogens with one attached hydrogen (secondary N) is 2. The first-order chi connectivity index (χ1) is 12.4. The Morgan fingerprint density at radius 3 is 2.58 bits per heavy atom. The van der Waals surface area contributed by atoms with E-state index in [1.165, 1.54) is 16.5 Å². The lowest BCUT2D eigenvalue weighted by atomic mass is 10.2. The Morgan fingerprint density at radius 2 is 1.88 bits per heavy atom. The number of rotatable bonds is 7. The van der Waals surface area contributed by atoms with Gasteiger partial charge in [-0.15, -0.1) is 0 Å². The van der Waals surface area contributed by atoms with Crippen LogP contribution in [0.4, 0.5) is 11.6 Å². The number of pyridine rings is 1. The van der Waals surface area contributed by atoms with E-state index in [9.17, 15) is 18.5 Å². The molecular weight excluding hydrogens is 358 g/mol. The molecule has 0 aliphatic carbocycles. The van der Waals surface area contributed by atoms with Gasteiger partial charge in [0.15, 0.2) is 0 Å². The molecule has 9 nitrogen and oxygen atoms in total. The number of nitrogens with zero attached hydrogens (tertiary/aromatic N) is 3. The number of hydrogen-bond donors (Lipinski definition) is 2. The summed E-state index contributed by atoms with van der Waals surface area (Å²) in [5.74, 6) is -0.0993. The van der Waals surface area contributed by atoms with Crippen LogP contribution in [0.25, 0.3) is 5.65 Å². The first-order valence-corrected chi connectivity index (χ1v) is 9.28. The van der Waals surface area contributed by atoms with Gasteiger partial charge in [0.25, 0.3) is 0 Å². The largest absolute Gasteiger partial charge is 0.372 e. The topological polar surface area (TPSA) is 119 Å². The maximum atomic E-state index is 12.2. The van der Waals surface area contributed by atoms with Gasteiger partial charge in [0.2, 0.25) is 21.5 Å². The quantitative estimate of drug-likeness (QED) is 0.370. The zero-order valence-electron chi connectivity index (χ0n) is 13.9. The number of aromatic nitrogens is 2. The normalized spacial score (nSPS) is 11.6. The standard InChI is InChI=1S/C16H17N5O4S/c1-12-5-7-13(8-6-12)26(24,25)18-10-9-17-15-16(21(22)23)20-11-3-2-4-14(20)19-15/h2-8,11,17-18H,9-10H2,1H3. The van der Waals surface area contributed by atoms with E-state index in [0.29, 0.717) is 5.65 Å². The highest BCUT2D eigenvalue weighted by Crippen LogP contribution is 2.24. The van der Waals surface area contributed by atoms with Crippen LogP contribution in [0, 0.1) is 17.0 Å². The first kappa shape index (κ1) is 17.8. The van der Waals surface area contributed by atoms with Crippen LogP contribution in [-0.4, -0.2) is 35.8 Å². The number of imidazole rings is 1. The summed E-state index contributed by atoms with van der Waals surface area (Å²) in [5, 5.41) is 14.1. The molecule has 0 radical (unpaired) electrons. The molecule has 10 heteroatoms. The number of anilines is 1. The fraction of sp³-hybridized carbons (Fsp3) is 0.188. The zero-order valence-corrected chi connectivity index (χ0v) is 14.7. The second-order valence-electron chi connectivity index (χ2n) is 5.61. The molecule has 26 heavy (non-hydrogen) atoms. The molecule has 0 bridgehead atoms. The van der Waals surface area contributed by atoms with E-state index in [4.69, 9.17) is 0 Å². The predicted molar refractivity (Wildman–Crippen MR) is 96.7 cm³/mol. The molecule has 1 aromatic carbocycles. The number of sulfonamides is 1. The molecular formula is C16H17N5O4S. The van der Waals surface area contributed by atoms with Crippen LogP contribution in [0.2, 0.25) is 0 Å². The molecule has 0 aliphatic heterocycles. The summed E-state index contributed by atoms with van der Waals surface area (Å²) < 4.78 is 28.2. The Kier molecular flexibility index (Phi) is 4.87. The summed E-state index contributed by atoms with van der Waals surface area (Å²) in [5.41, 5.74) is 1.40. The number of nitro groups is 1. The van der Waals surface area contributed by atoms with Crippen LogP contribution >= 0.6 is 0 Å². The van der Waals surface area contributed by atoms with Crippen molar-refractivity contribution in [1.82, 2.24) is 14.1 Å². The molecule has 0 aliphatic rings.